The number of nitrogens with zero attached hydrogens (tertiary/aromatic N) is 3. The van der Waals surface area contributed by atoms with Crippen molar-refractivity contribution < 1.29 is 14.8 Å². The second-order valence-corrected chi connectivity index (χ2v) is 3.81. The van der Waals surface area contributed by atoms with Crippen LogP contribution in [-0.2, 0) is 4.74 Å². The molecule has 96 valence electrons. The maximum Gasteiger partial charge on any atom is 0.270 e. The standard InChI is InChI=1S/C11H13N3O4/c15-11-2-1-10(14(16)17)7-9(11)8-12-13-3-5-18-6-4-13/h1-2,7-8,15H,3-6H2/b12-8-. The molecule has 7 nitrogen and oxygen atoms in total. The van der Waals surface area contributed by atoms with Gasteiger partial charge in [0, 0.05) is 17.7 Å². The Labute approximate surface area is 103 Å². The van der Waals surface area contributed by atoms with Crippen molar-refractivity contribution in [1.29, 1.82) is 0 Å². The maximum absolute atomic E-state index is 10.6. The summed E-state index contributed by atoms with van der Waals surface area (Å²) in [4.78, 5) is 10.1. The fraction of sp³-hybridized carbons (Fsp3) is 0.364. The lowest BCUT2D eigenvalue weighted by molar-refractivity contribution is -0.384. The predicted octanol–water partition coefficient (Wildman–Crippen LogP) is 0.966. The molecular formula is C11H13N3O4. The first kappa shape index (κ1) is 12.3. The Kier molecular flexibility index (Phi) is 3.73. The monoisotopic (exact) mass is 251 g/mol. The Bertz CT molecular complexity index is 469. The number of non-ortho nitro benzene ring substituents is 1. The van der Waals surface area contributed by atoms with E-state index >= 15 is 0 Å². The van der Waals surface area contributed by atoms with Crippen LogP contribution in [-0.4, -0.2) is 47.6 Å². The van der Waals surface area contributed by atoms with Crippen molar-refractivity contribution in [3.05, 3.63) is 33.9 Å². The highest BCUT2D eigenvalue weighted by Crippen LogP contribution is 2.21. The summed E-state index contributed by atoms with van der Waals surface area (Å²) in [6, 6.07) is 3.83. The quantitative estimate of drug-likeness (QED) is 0.491. The van der Waals surface area contributed by atoms with Gasteiger partial charge in [0.05, 0.1) is 37.4 Å². The van der Waals surface area contributed by atoms with Crippen LogP contribution >= 0.6 is 0 Å². The van der Waals surface area contributed by atoms with Gasteiger partial charge < -0.3 is 9.84 Å². The van der Waals surface area contributed by atoms with Crippen LogP contribution in [0.3, 0.4) is 0 Å². The summed E-state index contributed by atoms with van der Waals surface area (Å²) in [7, 11) is 0. The minimum atomic E-state index is -0.508. The third-order valence-corrected chi connectivity index (χ3v) is 2.57. The number of benzene rings is 1. The molecule has 0 bridgehead atoms. The molecule has 1 aliphatic heterocycles. The number of phenolic OH excluding ortho intramolecular Hbond substituents is 1. The van der Waals surface area contributed by atoms with Crippen molar-refractivity contribution in [1.82, 2.24) is 5.01 Å². The van der Waals surface area contributed by atoms with E-state index in [0.29, 0.717) is 31.9 Å². The molecule has 0 atom stereocenters. The van der Waals surface area contributed by atoms with E-state index in [-0.39, 0.29) is 11.4 Å². The average Bonchev–Trinajstić information content (AvgIpc) is 2.38. The zero-order chi connectivity index (χ0) is 13.0. The molecule has 1 N–H and O–H groups in total. The number of aromatic hydroxyl groups is 1. The summed E-state index contributed by atoms with van der Waals surface area (Å²) in [5.74, 6) is -0.0300. The number of hydrogen-bond acceptors (Lipinski definition) is 6. The first-order valence-electron chi connectivity index (χ1n) is 5.51. The Hall–Kier alpha value is -2.15. The number of nitro groups is 1. The number of hydrazone groups is 1. The van der Waals surface area contributed by atoms with Gasteiger partial charge in [0.15, 0.2) is 0 Å². The molecule has 0 amide bonds. The van der Waals surface area contributed by atoms with E-state index in [1.54, 1.807) is 5.01 Å². The molecule has 1 aromatic carbocycles. The molecule has 1 heterocycles. The molecule has 0 aromatic heterocycles. The summed E-state index contributed by atoms with van der Waals surface area (Å²) in [6.45, 7) is 2.56. The van der Waals surface area contributed by atoms with Crippen LogP contribution in [0.15, 0.2) is 23.3 Å². The minimum absolute atomic E-state index is 0.0300. The van der Waals surface area contributed by atoms with E-state index in [4.69, 9.17) is 4.74 Å². The van der Waals surface area contributed by atoms with Gasteiger partial charge in [-0.2, -0.15) is 5.10 Å². The summed E-state index contributed by atoms with van der Waals surface area (Å²) < 4.78 is 5.17. The van der Waals surface area contributed by atoms with Crippen LogP contribution in [0, 0.1) is 10.1 Å². The molecule has 1 aromatic rings. The number of phenols is 1. The molecule has 1 saturated heterocycles. The van der Waals surface area contributed by atoms with E-state index in [1.807, 2.05) is 0 Å². The van der Waals surface area contributed by atoms with Gasteiger partial charge in [-0.1, -0.05) is 0 Å². The van der Waals surface area contributed by atoms with Crippen LogP contribution in [0.5, 0.6) is 5.75 Å². The maximum atomic E-state index is 10.6. The first-order valence-corrected chi connectivity index (χ1v) is 5.51. The number of rotatable bonds is 3. The first-order chi connectivity index (χ1) is 8.66. The number of morpholine rings is 1. The largest absolute Gasteiger partial charge is 0.507 e. The van der Waals surface area contributed by atoms with Crippen molar-refractivity contribution in [2.24, 2.45) is 5.10 Å². The van der Waals surface area contributed by atoms with Crippen molar-refractivity contribution in [3.63, 3.8) is 0 Å². The van der Waals surface area contributed by atoms with Gasteiger partial charge in [-0.05, 0) is 6.07 Å². The second kappa shape index (κ2) is 5.46. The van der Waals surface area contributed by atoms with Gasteiger partial charge in [0.1, 0.15) is 5.75 Å². The topological polar surface area (TPSA) is 88.2 Å². The molecule has 1 aliphatic rings. The van der Waals surface area contributed by atoms with Crippen LogP contribution in [0.2, 0.25) is 0 Å². The van der Waals surface area contributed by atoms with Crippen LogP contribution < -0.4 is 0 Å². The average molecular weight is 251 g/mol. The fourth-order valence-corrected chi connectivity index (χ4v) is 1.57. The Morgan fingerprint density at radius 1 is 1.44 bits per heavy atom. The summed E-state index contributed by atoms with van der Waals surface area (Å²) >= 11 is 0. The SMILES string of the molecule is O=[N+]([O-])c1ccc(O)c(/C=N\N2CCOCC2)c1. The number of nitro benzene ring substituents is 1. The van der Waals surface area contributed by atoms with Crippen molar-refractivity contribution in [2.45, 2.75) is 0 Å². The molecule has 0 saturated carbocycles. The molecule has 0 aliphatic carbocycles. The molecule has 0 spiro atoms. The predicted molar refractivity (Wildman–Crippen MR) is 64.7 cm³/mol. The van der Waals surface area contributed by atoms with Gasteiger partial charge in [0.25, 0.3) is 5.69 Å². The third-order valence-electron chi connectivity index (χ3n) is 2.57. The van der Waals surface area contributed by atoms with Gasteiger partial charge in [0.2, 0.25) is 0 Å². The van der Waals surface area contributed by atoms with E-state index < -0.39 is 4.92 Å². The molecule has 18 heavy (non-hydrogen) atoms. The summed E-state index contributed by atoms with van der Waals surface area (Å²) in [5.41, 5.74) is 0.256. The van der Waals surface area contributed by atoms with Gasteiger partial charge >= 0.3 is 0 Å². The van der Waals surface area contributed by atoms with Crippen molar-refractivity contribution >= 4 is 11.9 Å². The molecule has 1 fully saturated rings. The molecule has 0 unspecified atom stereocenters. The van der Waals surface area contributed by atoms with E-state index in [2.05, 4.69) is 5.10 Å². The van der Waals surface area contributed by atoms with Gasteiger partial charge in [-0.3, -0.25) is 15.1 Å². The fourth-order valence-electron chi connectivity index (χ4n) is 1.57. The smallest absolute Gasteiger partial charge is 0.270 e. The third kappa shape index (κ3) is 2.95. The van der Waals surface area contributed by atoms with E-state index in [0.717, 1.165) is 0 Å². The van der Waals surface area contributed by atoms with Crippen molar-refractivity contribution in [3.8, 4) is 5.75 Å². The van der Waals surface area contributed by atoms with Gasteiger partial charge in [-0.15, -0.1) is 0 Å². The van der Waals surface area contributed by atoms with Crippen LogP contribution in [0.4, 0.5) is 5.69 Å². The number of ether oxygens (including phenoxy) is 1. The lowest BCUT2D eigenvalue weighted by Gasteiger charge is -2.23. The number of hydrogen-bond donors (Lipinski definition) is 1. The highest BCUT2D eigenvalue weighted by atomic mass is 16.6. The Morgan fingerprint density at radius 2 is 2.17 bits per heavy atom. The second-order valence-electron chi connectivity index (χ2n) is 3.81. The zero-order valence-electron chi connectivity index (χ0n) is 9.65. The Balaban J connectivity index is 2.14. The normalized spacial score (nSPS) is 16.1. The highest BCUT2D eigenvalue weighted by molar-refractivity contribution is 5.84. The molecule has 0 radical (unpaired) electrons. The minimum Gasteiger partial charge on any atom is -0.507 e. The van der Waals surface area contributed by atoms with E-state index in [9.17, 15) is 15.2 Å². The summed E-state index contributed by atoms with van der Waals surface area (Å²) in [6.07, 6.45) is 1.42. The van der Waals surface area contributed by atoms with Crippen LogP contribution in [0.25, 0.3) is 0 Å². The Morgan fingerprint density at radius 3 is 2.83 bits per heavy atom. The lowest BCUT2D eigenvalue weighted by atomic mass is 10.2. The van der Waals surface area contributed by atoms with Crippen LogP contribution in [0.1, 0.15) is 5.56 Å². The molecular weight excluding hydrogens is 238 g/mol. The summed E-state index contributed by atoms with van der Waals surface area (Å²) in [5, 5.41) is 26.2. The molecule has 7 heteroatoms. The van der Waals surface area contributed by atoms with Crippen molar-refractivity contribution in [2.75, 3.05) is 26.3 Å². The van der Waals surface area contributed by atoms with Gasteiger partial charge in [-0.25, -0.2) is 0 Å². The molecule has 2 rings (SSSR count). The lowest BCUT2D eigenvalue weighted by Crippen LogP contribution is -2.32. The van der Waals surface area contributed by atoms with E-state index in [1.165, 1.54) is 24.4 Å². The highest BCUT2D eigenvalue weighted by Gasteiger charge is 2.10. The zero-order valence-corrected chi connectivity index (χ0v) is 9.65.